The average Bonchev–Trinajstić information content (AvgIpc) is 3.19. The van der Waals surface area contributed by atoms with Gasteiger partial charge in [0.25, 0.3) is 0 Å². The summed E-state index contributed by atoms with van der Waals surface area (Å²) >= 11 is 7.91. The first-order valence-corrected chi connectivity index (χ1v) is 11.3. The lowest BCUT2D eigenvalue weighted by Crippen LogP contribution is -2.53. The number of likely N-dealkylation sites (N-methyl/N-ethyl adjacent to an activating group) is 1. The van der Waals surface area contributed by atoms with Crippen LogP contribution in [0.25, 0.3) is 10.2 Å². The summed E-state index contributed by atoms with van der Waals surface area (Å²) in [5, 5.41) is 5.29. The Morgan fingerprint density at radius 3 is 2.79 bits per heavy atom. The van der Waals surface area contributed by atoms with Crippen LogP contribution in [0.15, 0.2) is 42.5 Å². The number of piperidine rings is 1. The van der Waals surface area contributed by atoms with Crippen molar-refractivity contribution in [3.63, 3.8) is 0 Å². The molecule has 2 aromatic carbocycles. The van der Waals surface area contributed by atoms with Crippen molar-refractivity contribution in [3.8, 4) is 11.5 Å². The van der Waals surface area contributed by atoms with E-state index in [0.29, 0.717) is 17.5 Å². The molecule has 1 saturated heterocycles. The molecule has 5 nitrogen and oxygen atoms in total. The molecule has 2 aliphatic rings. The van der Waals surface area contributed by atoms with Gasteiger partial charge in [-0.3, -0.25) is 0 Å². The lowest BCUT2D eigenvalue weighted by atomic mass is 9.86. The molecule has 0 aliphatic carbocycles. The summed E-state index contributed by atoms with van der Waals surface area (Å²) in [7, 11) is 2.02. The van der Waals surface area contributed by atoms with E-state index in [0.717, 1.165) is 48.1 Å². The summed E-state index contributed by atoms with van der Waals surface area (Å²) in [6.07, 6.45) is 2.18. The Kier molecular flexibility index (Phi) is 5.24. The molecule has 0 amide bonds. The Balaban J connectivity index is 1.25. The quantitative estimate of drug-likeness (QED) is 0.657. The Labute approximate surface area is 179 Å². The van der Waals surface area contributed by atoms with Crippen molar-refractivity contribution in [1.82, 2.24) is 10.3 Å². The van der Waals surface area contributed by atoms with Crippen LogP contribution in [0.1, 0.15) is 12.8 Å². The zero-order valence-electron chi connectivity index (χ0n) is 16.3. The van der Waals surface area contributed by atoms with E-state index < -0.39 is 0 Å². The van der Waals surface area contributed by atoms with Crippen LogP contribution in [-0.4, -0.2) is 43.9 Å². The van der Waals surface area contributed by atoms with E-state index in [4.69, 9.17) is 26.1 Å². The minimum Gasteiger partial charge on any atom is -0.486 e. The SMILES string of the molecule is CNC(C1CCN(c2nc3ccccc3s2)CC1)C1COc2ccc(Cl)cc2O1. The van der Waals surface area contributed by atoms with Gasteiger partial charge in [-0.1, -0.05) is 35.1 Å². The molecule has 0 spiro atoms. The van der Waals surface area contributed by atoms with Crippen molar-refractivity contribution in [2.24, 2.45) is 5.92 Å². The zero-order chi connectivity index (χ0) is 19.8. The number of nitrogens with one attached hydrogen (secondary N) is 1. The number of halogens is 1. The molecule has 7 heteroatoms. The summed E-state index contributed by atoms with van der Waals surface area (Å²) in [6.45, 7) is 2.58. The van der Waals surface area contributed by atoms with Gasteiger partial charge in [-0.25, -0.2) is 4.98 Å². The fourth-order valence-corrected chi connectivity index (χ4v) is 5.59. The summed E-state index contributed by atoms with van der Waals surface area (Å²) in [6, 6.07) is 14.1. The molecule has 1 aromatic heterocycles. The second-order valence-corrected chi connectivity index (χ2v) is 9.11. The van der Waals surface area contributed by atoms with Gasteiger partial charge in [0.15, 0.2) is 16.6 Å². The molecule has 152 valence electrons. The normalized spacial score (nSPS) is 20.8. The van der Waals surface area contributed by atoms with Gasteiger partial charge in [0.2, 0.25) is 0 Å². The van der Waals surface area contributed by atoms with Gasteiger partial charge in [-0.05, 0) is 50.1 Å². The maximum absolute atomic E-state index is 6.27. The highest BCUT2D eigenvalue weighted by molar-refractivity contribution is 7.22. The molecular weight excluding hydrogens is 406 g/mol. The van der Waals surface area contributed by atoms with Gasteiger partial charge in [0.1, 0.15) is 12.7 Å². The van der Waals surface area contributed by atoms with Gasteiger partial charge >= 0.3 is 0 Å². The molecule has 0 bridgehead atoms. The topological polar surface area (TPSA) is 46.6 Å². The molecule has 29 heavy (non-hydrogen) atoms. The number of nitrogens with zero attached hydrogens (tertiary/aromatic N) is 2. The van der Waals surface area contributed by atoms with Crippen LogP contribution in [0.2, 0.25) is 5.02 Å². The summed E-state index contributed by atoms with van der Waals surface area (Å²) in [5.41, 5.74) is 1.09. The average molecular weight is 430 g/mol. The lowest BCUT2D eigenvalue weighted by molar-refractivity contribution is 0.0417. The van der Waals surface area contributed by atoms with E-state index in [-0.39, 0.29) is 12.1 Å². The first-order valence-electron chi connectivity index (χ1n) is 10.1. The molecule has 2 aliphatic heterocycles. The maximum atomic E-state index is 6.27. The fourth-order valence-electron chi connectivity index (χ4n) is 4.41. The molecule has 0 saturated carbocycles. The highest BCUT2D eigenvalue weighted by atomic mass is 35.5. The first-order chi connectivity index (χ1) is 14.2. The minimum absolute atomic E-state index is 0.0232. The van der Waals surface area contributed by atoms with Crippen LogP contribution in [-0.2, 0) is 0 Å². The Morgan fingerprint density at radius 2 is 2.00 bits per heavy atom. The number of para-hydroxylation sites is 1. The monoisotopic (exact) mass is 429 g/mol. The molecule has 1 N–H and O–H groups in total. The van der Waals surface area contributed by atoms with Crippen molar-refractivity contribution < 1.29 is 9.47 Å². The predicted molar refractivity (Wildman–Crippen MR) is 119 cm³/mol. The number of ether oxygens (including phenoxy) is 2. The van der Waals surface area contributed by atoms with Crippen molar-refractivity contribution in [2.45, 2.75) is 25.0 Å². The highest BCUT2D eigenvalue weighted by Gasteiger charge is 2.35. The third-order valence-electron chi connectivity index (χ3n) is 5.92. The number of anilines is 1. The number of aromatic nitrogens is 1. The van der Waals surface area contributed by atoms with E-state index in [2.05, 4.69) is 28.4 Å². The largest absolute Gasteiger partial charge is 0.486 e. The smallest absolute Gasteiger partial charge is 0.186 e. The number of benzene rings is 2. The molecular formula is C22H24ClN3O2S. The highest BCUT2D eigenvalue weighted by Crippen LogP contribution is 2.37. The van der Waals surface area contributed by atoms with Crippen LogP contribution in [0.5, 0.6) is 11.5 Å². The molecule has 3 heterocycles. The summed E-state index contributed by atoms with van der Waals surface area (Å²) in [4.78, 5) is 7.24. The Bertz CT molecular complexity index is 970. The van der Waals surface area contributed by atoms with Gasteiger partial charge in [-0.2, -0.15) is 0 Å². The van der Waals surface area contributed by atoms with E-state index in [1.165, 1.54) is 4.70 Å². The molecule has 1 fully saturated rings. The number of fused-ring (bicyclic) bond motifs is 2. The zero-order valence-corrected chi connectivity index (χ0v) is 17.9. The predicted octanol–water partition coefficient (Wildman–Crippen LogP) is 4.59. The number of hydrogen-bond donors (Lipinski definition) is 1. The van der Waals surface area contributed by atoms with E-state index in [1.54, 1.807) is 11.3 Å². The second kappa shape index (κ2) is 8.01. The van der Waals surface area contributed by atoms with Gasteiger partial charge in [-0.15, -0.1) is 0 Å². The Morgan fingerprint density at radius 1 is 1.17 bits per heavy atom. The third kappa shape index (κ3) is 3.77. The molecule has 0 radical (unpaired) electrons. The van der Waals surface area contributed by atoms with Crippen molar-refractivity contribution in [2.75, 3.05) is 31.6 Å². The number of rotatable bonds is 4. The maximum Gasteiger partial charge on any atom is 0.186 e. The first kappa shape index (κ1) is 19.0. The lowest BCUT2D eigenvalue weighted by Gasteiger charge is -2.40. The molecule has 2 atom stereocenters. The van der Waals surface area contributed by atoms with Crippen LogP contribution < -0.4 is 19.7 Å². The minimum atomic E-state index is -0.0232. The third-order valence-corrected chi connectivity index (χ3v) is 7.25. The number of thiazole rings is 1. The standard InChI is InChI=1S/C22H24ClN3O2S/c1-24-21(19-13-27-17-7-6-15(23)12-18(17)28-19)14-8-10-26(11-9-14)22-25-16-4-2-3-5-20(16)29-22/h2-7,12,14,19,21,24H,8-11,13H2,1H3. The summed E-state index contributed by atoms with van der Waals surface area (Å²) in [5.74, 6) is 2.03. The van der Waals surface area contributed by atoms with Crippen molar-refractivity contribution in [1.29, 1.82) is 0 Å². The second-order valence-electron chi connectivity index (χ2n) is 7.66. The van der Waals surface area contributed by atoms with E-state index in [1.807, 2.05) is 31.3 Å². The van der Waals surface area contributed by atoms with Gasteiger partial charge in [0.05, 0.1) is 16.3 Å². The Hall–Kier alpha value is -2.02. The van der Waals surface area contributed by atoms with Gasteiger partial charge < -0.3 is 19.7 Å². The molecule has 2 unspecified atom stereocenters. The van der Waals surface area contributed by atoms with Crippen LogP contribution in [0, 0.1) is 5.92 Å². The molecule has 5 rings (SSSR count). The summed E-state index contributed by atoms with van der Waals surface area (Å²) < 4.78 is 13.5. The van der Waals surface area contributed by atoms with Crippen molar-refractivity contribution in [3.05, 3.63) is 47.5 Å². The van der Waals surface area contributed by atoms with E-state index >= 15 is 0 Å². The van der Waals surface area contributed by atoms with Crippen molar-refractivity contribution >= 4 is 38.3 Å². The molecule has 3 aromatic rings. The van der Waals surface area contributed by atoms with Crippen LogP contribution >= 0.6 is 22.9 Å². The van der Waals surface area contributed by atoms with E-state index in [9.17, 15) is 0 Å². The fraction of sp³-hybridized carbons (Fsp3) is 0.409. The van der Waals surface area contributed by atoms with Crippen LogP contribution in [0.3, 0.4) is 0 Å². The number of hydrogen-bond acceptors (Lipinski definition) is 6. The van der Waals surface area contributed by atoms with Gasteiger partial charge in [0, 0.05) is 24.2 Å². The van der Waals surface area contributed by atoms with Crippen LogP contribution in [0.4, 0.5) is 5.13 Å².